The van der Waals surface area contributed by atoms with Crippen molar-refractivity contribution >= 4 is 14.1 Å². The Morgan fingerprint density at radius 3 is 2.40 bits per heavy atom. The predicted octanol–water partition coefficient (Wildman–Crippen LogP) is 6.35. The van der Waals surface area contributed by atoms with Crippen LogP contribution in [0.25, 0.3) is 0 Å². The Morgan fingerprint density at radius 2 is 1.73 bits per heavy atom. The van der Waals surface area contributed by atoms with Gasteiger partial charge < -0.3 is 9.53 Å². The molecule has 4 aliphatic rings. The van der Waals surface area contributed by atoms with Gasteiger partial charge in [0.1, 0.15) is 5.78 Å². The average molecular weight is 435 g/mol. The van der Waals surface area contributed by atoms with E-state index in [9.17, 15) is 9.90 Å². The molecule has 30 heavy (non-hydrogen) atoms. The van der Waals surface area contributed by atoms with Gasteiger partial charge in [0.05, 0.1) is 5.60 Å². The van der Waals surface area contributed by atoms with Gasteiger partial charge in [-0.15, -0.1) is 0 Å². The van der Waals surface area contributed by atoms with E-state index in [1.54, 1.807) is 0 Å². The van der Waals surface area contributed by atoms with Gasteiger partial charge in [-0.1, -0.05) is 27.7 Å². The second-order valence-corrected chi connectivity index (χ2v) is 18.4. The third-order valence-corrected chi connectivity index (χ3v) is 15.3. The second kappa shape index (κ2) is 7.15. The van der Waals surface area contributed by atoms with Crippen LogP contribution in [0.15, 0.2) is 0 Å². The van der Waals surface area contributed by atoms with Crippen LogP contribution < -0.4 is 0 Å². The maximum atomic E-state index is 12.8. The van der Waals surface area contributed by atoms with Gasteiger partial charge in [-0.05, 0) is 106 Å². The molecule has 0 saturated heterocycles. The molecule has 172 valence electrons. The van der Waals surface area contributed by atoms with E-state index in [2.05, 4.69) is 40.8 Å². The van der Waals surface area contributed by atoms with Crippen LogP contribution in [-0.2, 0) is 9.22 Å². The molecule has 4 aliphatic carbocycles. The summed E-state index contributed by atoms with van der Waals surface area (Å²) < 4.78 is 6.96. The molecule has 0 aromatic rings. The second-order valence-electron chi connectivity index (χ2n) is 13.6. The molecule has 3 nitrogen and oxygen atoms in total. The normalized spacial score (nSPS) is 46.9. The van der Waals surface area contributed by atoms with Gasteiger partial charge in [0.2, 0.25) is 0 Å². The van der Waals surface area contributed by atoms with E-state index in [1.807, 2.05) is 6.92 Å². The maximum Gasteiger partial charge on any atom is 0.192 e. The summed E-state index contributed by atoms with van der Waals surface area (Å²) in [6, 6.07) is 0. The lowest BCUT2D eigenvalue weighted by Crippen LogP contribution is -2.59. The van der Waals surface area contributed by atoms with Gasteiger partial charge in [-0.3, -0.25) is 4.79 Å². The Labute approximate surface area is 185 Å². The highest BCUT2D eigenvalue weighted by molar-refractivity contribution is 6.74. The molecule has 0 aromatic carbocycles. The molecule has 0 amide bonds. The summed E-state index contributed by atoms with van der Waals surface area (Å²) in [4.78, 5) is 12.8. The first kappa shape index (κ1) is 23.0. The van der Waals surface area contributed by atoms with Crippen molar-refractivity contribution in [3.8, 4) is 0 Å². The van der Waals surface area contributed by atoms with Crippen molar-refractivity contribution in [1.82, 2.24) is 0 Å². The van der Waals surface area contributed by atoms with Gasteiger partial charge in [-0.2, -0.15) is 0 Å². The monoisotopic (exact) mass is 434 g/mol. The van der Waals surface area contributed by atoms with E-state index in [0.29, 0.717) is 29.5 Å². The summed E-state index contributed by atoms with van der Waals surface area (Å²) >= 11 is 0. The highest BCUT2D eigenvalue weighted by Crippen LogP contribution is 2.66. The van der Waals surface area contributed by atoms with E-state index in [4.69, 9.17) is 4.43 Å². The number of fused-ring (bicyclic) bond motifs is 5. The summed E-state index contributed by atoms with van der Waals surface area (Å²) in [5.74, 6) is 3.02. The summed E-state index contributed by atoms with van der Waals surface area (Å²) in [5, 5.41) is 11.1. The van der Waals surface area contributed by atoms with Crippen molar-refractivity contribution in [3.63, 3.8) is 0 Å². The topological polar surface area (TPSA) is 46.5 Å². The van der Waals surface area contributed by atoms with Crippen LogP contribution in [0.1, 0.15) is 92.4 Å². The molecule has 0 heterocycles. The lowest BCUT2D eigenvalue weighted by molar-refractivity contribution is -0.167. The molecular weight excluding hydrogens is 388 g/mol. The fourth-order valence-electron chi connectivity index (χ4n) is 7.82. The van der Waals surface area contributed by atoms with Gasteiger partial charge in [0.15, 0.2) is 8.32 Å². The van der Waals surface area contributed by atoms with E-state index in [1.165, 1.54) is 19.3 Å². The first-order valence-corrected chi connectivity index (χ1v) is 15.5. The van der Waals surface area contributed by atoms with E-state index in [-0.39, 0.29) is 15.9 Å². The summed E-state index contributed by atoms with van der Waals surface area (Å²) in [7, 11) is -1.83. The predicted molar refractivity (Wildman–Crippen MR) is 125 cm³/mol. The number of rotatable bonds is 3. The minimum absolute atomic E-state index is 0.0599. The molecule has 4 saturated carbocycles. The molecule has 0 aromatic heterocycles. The number of aliphatic hydroxyl groups is 1. The maximum absolute atomic E-state index is 12.8. The fourth-order valence-corrected chi connectivity index (χ4v) is 8.88. The zero-order valence-corrected chi connectivity index (χ0v) is 21.6. The summed E-state index contributed by atoms with van der Waals surface area (Å²) in [6.45, 7) is 17.0. The molecule has 0 spiro atoms. The van der Waals surface area contributed by atoms with Crippen molar-refractivity contribution in [1.29, 1.82) is 0 Å². The van der Waals surface area contributed by atoms with E-state index >= 15 is 0 Å². The smallest absolute Gasteiger partial charge is 0.192 e. The van der Waals surface area contributed by atoms with Gasteiger partial charge >= 0.3 is 0 Å². The molecule has 0 bridgehead atoms. The molecule has 4 rings (SSSR count). The molecule has 0 unspecified atom stereocenters. The summed E-state index contributed by atoms with van der Waals surface area (Å²) in [5.41, 5.74) is -0.381. The largest absolute Gasteiger partial charge is 0.416 e. The van der Waals surface area contributed by atoms with Crippen molar-refractivity contribution in [3.05, 3.63) is 0 Å². The van der Waals surface area contributed by atoms with Gasteiger partial charge in [0, 0.05) is 18.4 Å². The van der Waals surface area contributed by atoms with Crippen LogP contribution in [0, 0.1) is 34.5 Å². The first-order valence-electron chi connectivity index (χ1n) is 12.6. The molecule has 0 radical (unpaired) electrons. The van der Waals surface area contributed by atoms with Crippen LogP contribution in [0.3, 0.4) is 0 Å². The number of carbonyl (C=O) groups excluding carboxylic acids is 1. The van der Waals surface area contributed by atoms with Gasteiger partial charge in [0.25, 0.3) is 0 Å². The van der Waals surface area contributed by atoms with Crippen LogP contribution in [0.4, 0.5) is 0 Å². The van der Waals surface area contributed by atoms with Gasteiger partial charge in [-0.25, -0.2) is 0 Å². The minimum Gasteiger partial charge on any atom is -0.416 e. The Hall–Kier alpha value is -0.193. The lowest BCUT2D eigenvalue weighted by Gasteiger charge is -2.62. The lowest BCUT2D eigenvalue weighted by atomic mass is 9.44. The Balaban J connectivity index is 1.65. The van der Waals surface area contributed by atoms with Crippen molar-refractivity contribution in [2.75, 3.05) is 6.61 Å². The number of hydrogen-bond acceptors (Lipinski definition) is 3. The van der Waals surface area contributed by atoms with Crippen LogP contribution >= 0.6 is 0 Å². The Morgan fingerprint density at radius 1 is 1.03 bits per heavy atom. The quantitative estimate of drug-likeness (QED) is 0.526. The number of carbonyl (C=O) groups is 1. The SMILES string of the molecule is CC(C)(C)[Si](C)(C)OC[C@]12CC[C@@](C)(O)C[C@H]1CC[C@@H]1[C@@H]2CC[C@]2(C)C(=O)CC[C@@H]12. The van der Waals surface area contributed by atoms with E-state index < -0.39 is 13.9 Å². The van der Waals surface area contributed by atoms with Crippen molar-refractivity contribution in [2.45, 2.75) is 116 Å². The van der Waals surface area contributed by atoms with Crippen LogP contribution in [0.5, 0.6) is 0 Å². The highest BCUT2D eigenvalue weighted by Gasteiger charge is 2.62. The zero-order valence-electron chi connectivity index (χ0n) is 20.6. The molecule has 1 N–H and O–H groups in total. The van der Waals surface area contributed by atoms with E-state index in [0.717, 1.165) is 45.1 Å². The highest BCUT2D eigenvalue weighted by atomic mass is 28.4. The molecular formula is C26H46O3Si. The molecule has 0 aliphatic heterocycles. The Kier molecular flexibility index (Phi) is 5.48. The number of hydrogen-bond donors (Lipinski definition) is 1. The van der Waals surface area contributed by atoms with Crippen molar-refractivity contribution < 1.29 is 14.3 Å². The number of Topliss-reactive ketones (excluding diaryl/α,β-unsaturated/α-hetero) is 1. The summed E-state index contributed by atoms with van der Waals surface area (Å²) in [6.07, 6.45) is 9.55. The molecule has 7 atom stereocenters. The number of ketones is 1. The third kappa shape index (κ3) is 3.48. The molecule has 4 fully saturated rings. The minimum atomic E-state index is -1.83. The third-order valence-electron chi connectivity index (χ3n) is 10.9. The van der Waals surface area contributed by atoms with Crippen LogP contribution in [0.2, 0.25) is 18.1 Å². The first-order chi connectivity index (χ1) is 13.7. The zero-order chi connectivity index (χ0) is 22.2. The molecule has 4 heteroatoms. The van der Waals surface area contributed by atoms with Crippen molar-refractivity contribution in [2.24, 2.45) is 34.5 Å². The van der Waals surface area contributed by atoms with Crippen LogP contribution in [-0.4, -0.2) is 31.4 Å². The average Bonchev–Trinajstić information content (AvgIpc) is 2.94. The standard InChI is InChI=1S/C26H46O3Si/c1-23(2,3)30(6,7)29-17-26-15-14-24(4,28)16-18(26)8-9-19-20-10-11-22(27)25(20,5)13-12-21(19)26/h18-21,28H,8-17H2,1-7H3/t18-,19+,20+,21+,24-,25+,26-/m1/s1. The Bertz CT molecular complexity index is 693. The fraction of sp³-hybridized carbons (Fsp3) is 0.962.